The molecule has 31 heavy (non-hydrogen) atoms. The molecule has 0 aromatic heterocycles. The number of hydrogen-bond donors (Lipinski definition) is 0. The second kappa shape index (κ2) is 10.5. The summed E-state index contributed by atoms with van der Waals surface area (Å²) in [6, 6.07) is 14.6. The van der Waals surface area contributed by atoms with Crippen molar-refractivity contribution in [1.29, 1.82) is 0 Å². The SMILES string of the molecule is CC[C@@H](C)OC(=O)CN1C(=O)S/C(=C/c2ccccc2OCc2ccccc2Cl)C1=O. The van der Waals surface area contributed by atoms with Crippen LogP contribution in [0.4, 0.5) is 4.79 Å². The van der Waals surface area contributed by atoms with E-state index in [0.717, 1.165) is 22.2 Å². The molecule has 0 bridgehead atoms. The predicted molar refractivity (Wildman–Crippen MR) is 121 cm³/mol. The first-order valence-electron chi connectivity index (χ1n) is 9.79. The molecular weight excluding hydrogens is 438 g/mol. The minimum atomic E-state index is -0.610. The Labute approximate surface area is 190 Å². The summed E-state index contributed by atoms with van der Waals surface area (Å²) in [7, 11) is 0. The molecule has 0 unspecified atom stereocenters. The van der Waals surface area contributed by atoms with E-state index in [0.29, 0.717) is 22.8 Å². The average Bonchev–Trinajstić information content (AvgIpc) is 3.01. The summed E-state index contributed by atoms with van der Waals surface area (Å²) in [5.41, 5.74) is 1.47. The van der Waals surface area contributed by atoms with Crippen LogP contribution in [0.15, 0.2) is 53.4 Å². The smallest absolute Gasteiger partial charge is 0.326 e. The highest BCUT2D eigenvalue weighted by molar-refractivity contribution is 8.18. The fourth-order valence-corrected chi connectivity index (χ4v) is 3.77. The zero-order valence-electron chi connectivity index (χ0n) is 17.2. The number of rotatable bonds is 8. The number of halogens is 1. The summed E-state index contributed by atoms with van der Waals surface area (Å²) in [5, 5.41) is 0.0946. The van der Waals surface area contributed by atoms with E-state index in [2.05, 4.69) is 0 Å². The summed E-state index contributed by atoms with van der Waals surface area (Å²) in [6.45, 7) is 3.49. The highest BCUT2D eigenvalue weighted by Gasteiger charge is 2.37. The van der Waals surface area contributed by atoms with E-state index in [1.807, 2.05) is 37.3 Å². The Hall–Kier alpha value is -2.77. The number of carbonyl (C=O) groups is 3. The Morgan fingerprint density at radius 3 is 2.61 bits per heavy atom. The van der Waals surface area contributed by atoms with Crippen molar-refractivity contribution in [3.8, 4) is 5.75 Å². The van der Waals surface area contributed by atoms with Crippen molar-refractivity contribution in [2.45, 2.75) is 33.0 Å². The third kappa shape index (κ3) is 5.89. The van der Waals surface area contributed by atoms with Gasteiger partial charge in [-0.05, 0) is 43.3 Å². The van der Waals surface area contributed by atoms with Gasteiger partial charge in [-0.1, -0.05) is 54.9 Å². The molecule has 8 heteroatoms. The standard InChI is InChI=1S/C23H22ClNO5S/c1-3-15(2)30-21(26)13-25-22(27)20(31-23(25)28)12-16-8-5-7-11-19(16)29-14-17-9-4-6-10-18(17)24/h4-12,15H,3,13-14H2,1-2H3/b20-12+/t15-/m1/s1. The maximum Gasteiger partial charge on any atom is 0.326 e. The van der Waals surface area contributed by atoms with E-state index in [1.54, 1.807) is 31.2 Å². The molecule has 2 aromatic carbocycles. The van der Waals surface area contributed by atoms with Crippen molar-refractivity contribution in [3.05, 3.63) is 69.6 Å². The Kier molecular flexibility index (Phi) is 7.76. The van der Waals surface area contributed by atoms with Crippen LogP contribution in [-0.4, -0.2) is 34.7 Å². The lowest BCUT2D eigenvalue weighted by Crippen LogP contribution is -2.35. The number of para-hydroxylation sites is 1. The zero-order chi connectivity index (χ0) is 22.4. The number of nitrogens with zero attached hydrogens (tertiary/aromatic N) is 1. The Bertz CT molecular complexity index is 1020. The van der Waals surface area contributed by atoms with Crippen LogP contribution < -0.4 is 4.74 Å². The summed E-state index contributed by atoms with van der Waals surface area (Å²) in [6.07, 6.45) is 1.97. The van der Waals surface area contributed by atoms with E-state index in [4.69, 9.17) is 21.1 Å². The van der Waals surface area contributed by atoms with Crippen LogP contribution in [0, 0.1) is 0 Å². The number of amides is 2. The van der Waals surface area contributed by atoms with Crippen molar-refractivity contribution in [2.75, 3.05) is 6.54 Å². The fourth-order valence-electron chi connectivity index (χ4n) is 2.75. The normalized spacial score (nSPS) is 16.0. The van der Waals surface area contributed by atoms with Gasteiger partial charge < -0.3 is 9.47 Å². The molecule has 1 aliphatic heterocycles. The first-order chi connectivity index (χ1) is 14.9. The molecule has 1 atom stereocenters. The Morgan fingerprint density at radius 1 is 1.16 bits per heavy atom. The summed E-state index contributed by atoms with van der Waals surface area (Å²) < 4.78 is 11.1. The van der Waals surface area contributed by atoms with Crippen LogP contribution in [0.5, 0.6) is 5.75 Å². The number of thioether (sulfide) groups is 1. The van der Waals surface area contributed by atoms with Gasteiger partial charge in [-0.3, -0.25) is 19.3 Å². The molecule has 2 aromatic rings. The second-order valence-corrected chi connectivity index (χ2v) is 8.29. The van der Waals surface area contributed by atoms with Crippen LogP contribution in [0.3, 0.4) is 0 Å². The number of benzene rings is 2. The fraction of sp³-hybridized carbons (Fsp3) is 0.261. The van der Waals surface area contributed by atoms with Gasteiger partial charge in [-0.2, -0.15) is 0 Å². The molecular formula is C23H22ClNO5S. The minimum Gasteiger partial charge on any atom is -0.488 e. The molecule has 1 aliphatic rings. The lowest BCUT2D eigenvalue weighted by Gasteiger charge is -2.15. The van der Waals surface area contributed by atoms with Crippen LogP contribution in [0.25, 0.3) is 6.08 Å². The number of ether oxygens (including phenoxy) is 2. The van der Waals surface area contributed by atoms with E-state index in [1.165, 1.54) is 0 Å². The van der Waals surface area contributed by atoms with Crippen molar-refractivity contribution < 1.29 is 23.9 Å². The molecule has 1 saturated heterocycles. The molecule has 0 spiro atoms. The lowest BCUT2D eigenvalue weighted by molar-refractivity contribution is -0.150. The van der Waals surface area contributed by atoms with E-state index >= 15 is 0 Å². The molecule has 2 amide bonds. The van der Waals surface area contributed by atoms with Gasteiger partial charge in [0.2, 0.25) is 0 Å². The third-order valence-electron chi connectivity index (χ3n) is 4.61. The van der Waals surface area contributed by atoms with Crippen molar-refractivity contribution in [3.63, 3.8) is 0 Å². The zero-order valence-corrected chi connectivity index (χ0v) is 18.7. The predicted octanol–water partition coefficient (Wildman–Crippen LogP) is 5.30. The van der Waals surface area contributed by atoms with Gasteiger partial charge in [-0.15, -0.1) is 0 Å². The first-order valence-corrected chi connectivity index (χ1v) is 11.0. The summed E-state index contributed by atoms with van der Waals surface area (Å²) in [4.78, 5) is 38.1. The summed E-state index contributed by atoms with van der Waals surface area (Å²) in [5.74, 6) is -0.594. The molecule has 0 aliphatic carbocycles. The second-order valence-electron chi connectivity index (χ2n) is 6.89. The van der Waals surface area contributed by atoms with E-state index < -0.39 is 23.7 Å². The molecule has 0 N–H and O–H groups in total. The Balaban J connectivity index is 1.73. The maximum atomic E-state index is 12.7. The largest absolute Gasteiger partial charge is 0.488 e. The topological polar surface area (TPSA) is 72.9 Å². The van der Waals surface area contributed by atoms with Crippen LogP contribution in [0.2, 0.25) is 5.02 Å². The maximum absolute atomic E-state index is 12.7. The molecule has 1 fully saturated rings. The highest BCUT2D eigenvalue weighted by Crippen LogP contribution is 2.34. The number of imide groups is 1. The van der Waals surface area contributed by atoms with Gasteiger partial charge in [0.1, 0.15) is 18.9 Å². The van der Waals surface area contributed by atoms with Crippen molar-refractivity contribution in [1.82, 2.24) is 4.90 Å². The number of hydrogen-bond acceptors (Lipinski definition) is 6. The number of esters is 1. The molecule has 3 rings (SSSR count). The summed E-state index contributed by atoms with van der Waals surface area (Å²) >= 11 is 6.96. The lowest BCUT2D eigenvalue weighted by atomic mass is 10.1. The molecule has 6 nitrogen and oxygen atoms in total. The molecule has 0 saturated carbocycles. The van der Waals surface area contributed by atoms with Crippen LogP contribution in [0.1, 0.15) is 31.4 Å². The molecule has 0 radical (unpaired) electrons. The quantitative estimate of drug-likeness (QED) is 0.394. The Morgan fingerprint density at radius 2 is 1.87 bits per heavy atom. The molecule has 1 heterocycles. The van der Waals surface area contributed by atoms with Gasteiger partial charge in [0, 0.05) is 16.1 Å². The van der Waals surface area contributed by atoms with Crippen molar-refractivity contribution >= 4 is 46.6 Å². The van der Waals surface area contributed by atoms with E-state index in [-0.39, 0.29) is 17.6 Å². The first kappa shape index (κ1) is 22.9. The number of carbonyl (C=O) groups excluding carboxylic acids is 3. The average molecular weight is 460 g/mol. The van der Waals surface area contributed by atoms with Gasteiger partial charge in [0.15, 0.2) is 0 Å². The van der Waals surface area contributed by atoms with Gasteiger partial charge in [0.25, 0.3) is 11.1 Å². The molecule has 162 valence electrons. The van der Waals surface area contributed by atoms with E-state index in [9.17, 15) is 14.4 Å². The highest BCUT2D eigenvalue weighted by atomic mass is 35.5. The minimum absolute atomic E-state index is 0.218. The van der Waals surface area contributed by atoms with Crippen molar-refractivity contribution in [2.24, 2.45) is 0 Å². The third-order valence-corrected chi connectivity index (χ3v) is 5.89. The van der Waals surface area contributed by atoms with Gasteiger partial charge >= 0.3 is 5.97 Å². The van der Waals surface area contributed by atoms with Crippen LogP contribution >= 0.6 is 23.4 Å². The monoisotopic (exact) mass is 459 g/mol. The van der Waals surface area contributed by atoms with Gasteiger partial charge in [0.05, 0.1) is 11.0 Å². The van der Waals surface area contributed by atoms with Gasteiger partial charge in [-0.25, -0.2) is 0 Å². The van der Waals surface area contributed by atoms with Crippen LogP contribution in [-0.2, 0) is 20.9 Å².